The van der Waals surface area contributed by atoms with Crippen molar-refractivity contribution in [2.45, 2.75) is 51.5 Å². The number of nitrogens with zero attached hydrogens (tertiary/aromatic N) is 1. The van der Waals surface area contributed by atoms with Gasteiger partial charge in [-0.2, -0.15) is 4.39 Å². The van der Waals surface area contributed by atoms with Crippen LogP contribution < -0.4 is 9.47 Å². The van der Waals surface area contributed by atoms with Gasteiger partial charge < -0.3 is 14.6 Å². The lowest BCUT2D eigenvalue weighted by molar-refractivity contribution is -0.173. The fraction of sp³-hybridized carbons (Fsp3) is 0.296. The van der Waals surface area contributed by atoms with E-state index in [2.05, 4.69) is 0 Å². The molecule has 34 heavy (non-hydrogen) atoms. The van der Waals surface area contributed by atoms with Crippen LogP contribution in [0.4, 0.5) is 4.39 Å². The van der Waals surface area contributed by atoms with E-state index in [9.17, 15) is 19.1 Å². The standard InChI is InChI=1S/C27H24FNO5/c1-15-4-7-19(29-24(15)20-8-5-17(25(31)32)12-16(20)2)14-23(30)27(10-11-27)18-6-9-21-22(13-18)34-26(3,28)33-21/h4-9,12-13H,10-11,14H2,1-3H3,(H,31,32). The molecule has 0 saturated heterocycles. The molecule has 1 N–H and O–H groups in total. The topological polar surface area (TPSA) is 85.7 Å². The molecule has 5 rings (SSSR count). The number of ketones is 1. The predicted octanol–water partition coefficient (Wildman–Crippen LogP) is 5.32. The maximum Gasteiger partial charge on any atom is 0.404 e. The minimum Gasteiger partial charge on any atom is -0.478 e. The fourth-order valence-corrected chi connectivity index (χ4v) is 4.57. The Labute approximate surface area is 196 Å². The van der Waals surface area contributed by atoms with Gasteiger partial charge in [0.25, 0.3) is 0 Å². The van der Waals surface area contributed by atoms with E-state index in [1.54, 1.807) is 36.4 Å². The average molecular weight is 461 g/mol. The largest absolute Gasteiger partial charge is 0.478 e. The van der Waals surface area contributed by atoms with E-state index in [1.807, 2.05) is 26.0 Å². The lowest BCUT2D eigenvalue weighted by atomic mass is 9.88. The number of alkyl halides is 1. The van der Waals surface area contributed by atoms with Crippen LogP contribution in [0.3, 0.4) is 0 Å². The van der Waals surface area contributed by atoms with E-state index in [0.29, 0.717) is 30.0 Å². The number of fused-ring (bicyclic) bond motifs is 1. The number of benzene rings is 2. The van der Waals surface area contributed by atoms with Crippen LogP contribution in [0.5, 0.6) is 11.5 Å². The number of aromatic carboxylic acids is 1. The van der Waals surface area contributed by atoms with E-state index in [-0.39, 0.29) is 17.8 Å². The number of halogens is 1. The first-order valence-corrected chi connectivity index (χ1v) is 11.1. The zero-order chi connectivity index (χ0) is 24.3. The summed E-state index contributed by atoms with van der Waals surface area (Å²) < 4.78 is 24.4. The number of rotatable bonds is 6. The van der Waals surface area contributed by atoms with Gasteiger partial charge in [0, 0.05) is 24.6 Å². The van der Waals surface area contributed by atoms with Gasteiger partial charge in [-0.3, -0.25) is 9.78 Å². The van der Waals surface area contributed by atoms with Crippen LogP contribution >= 0.6 is 0 Å². The SMILES string of the molecule is Cc1cc(C(=O)O)ccc1-c1nc(CC(=O)C2(c3ccc4c(c3)OC(C)(F)O4)CC2)ccc1C. The Morgan fingerprint density at radius 2 is 1.74 bits per heavy atom. The van der Waals surface area contributed by atoms with Gasteiger partial charge in [-0.1, -0.05) is 18.2 Å². The number of aromatic nitrogens is 1. The summed E-state index contributed by atoms with van der Waals surface area (Å²) in [5.41, 5.74) is 4.35. The van der Waals surface area contributed by atoms with Crippen LogP contribution in [0.15, 0.2) is 48.5 Å². The van der Waals surface area contributed by atoms with Gasteiger partial charge in [-0.15, -0.1) is 0 Å². The molecular formula is C27H24FNO5. The Morgan fingerprint density at radius 3 is 2.41 bits per heavy atom. The number of pyridine rings is 1. The molecule has 0 radical (unpaired) electrons. The van der Waals surface area contributed by atoms with Crippen LogP contribution in [0, 0.1) is 13.8 Å². The highest BCUT2D eigenvalue weighted by Crippen LogP contribution is 2.52. The van der Waals surface area contributed by atoms with Crippen molar-refractivity contribution in [1.29, 1.82) is 0 Å². The van der Waals surface area contributed by atoms with Crippen LogP contribution in [-0.2, 0) is 16.6 Å². The van der Waals surface area contributed by atoms with E-state index >= 15 is 0 Å². The molecule has 2 aliphatic rings. The third-order valence-electron chi connectivity index (χ3n) is 6.59. The maximum absolute atomic E-state index is 14.0. The molecule has 3 aromatic rings. The minimum absolute atomic E-state index is 0.0506. The van der Waals surface area contributed by atoms with Crippen molar-refractivity contribution in [3.05, 3.63) is 76.5 Å². The molecule has 1 aromatic heterocycles. The van der Waals surface area contributed by atoms with Crippen molar-refractivity contribution in [2.75, 3.05) is 0 Å². The second-order valence-electron chi connectivity index (χ2n) is 9.19. The van der Waals surface area contributed by atoms with E-state index < -0.39 is 17.4 Å². The summed E-state index contributed by atoms with van der Waals surface area (Å²) in [5, 5.41) is 9.24. The Balaban J connectivity index is 1.41. The second-order valence-corrected chi connectivity index (χ2v) is 9.19. The van der Waals surface area contributed by atoms with E-state index in [4.69, 9.17) is 14.5 Å². The van der Waals surface area contributed by atoms with Crippen molar-refractivity contribution >= 4 is 11.8 Å². The molecule has 7 heteroatoms. The summed E-state index contributed by atoms with van der Waals surface area (Å²) in [6.45, 7) is 4.98. The quantitative estimate of drug-likeness (QED) is 0.535. The summed E-state index contributed by atoms with van der Waals surface area (Å²) in [7, 11) is 0. The first-order valence-electron chi connectivity index (χ1n) is 11.1. The highest BCUT2D eigenvalue weighted by molar-refractivity contribution is 5.94. The molecule has 1 aliphatic heterocycles. The second kappa shape index (κ2) is 7.65. The fourth-order valence-electron chi connectivity index (χ4n) is 4.57. The number of Topliss-reactive ketones (excluding diaryl/α,β-unsaturated/α-hetero) is 1. The molecule has 1 fully saturated rings. The molecule has 1 unspecified atom stereocenters. The lowest BCUT2D eigenvalue weighted by Crippen LogP contribution is -2.27. The van der Waals surface area contributed by atoms with Crippen molar-refractivity contribution in [1.82, 2.24) is 4.98 Å². The molecule has 0 amide bonds. The molecule has 0 bridgehead atoms. The number of carboxylic acid groups (broad SMARTS) is 1. The zero-order valence-electron chi connectivity index (χ0n) is 19.1. The third-order valence-corrected chi connectivity index (χ3v) is 6.59. The lowest BCUT2D eigenvalue weighted by Gasteiger charge is -2.16. The molecular weight excluding hydrogens is 437 g/mol. The van der Waals surface area contributed by atoms with Crippen LogP contribution in [0.2, 0.25) is 0 Å². The van der Waals surface area contributed by atoms with Gasteiger partial charge in [0.1, 0.15) is 5.78 Å². The highest BCUT2D eigenvalue weighted by Gasteiger charge is 2.51. The summed E-state index contributed by atoms with van der Waals surface area (Å²) in [4.78, 5) is 29.4. The van der Waals surface area contributed by atoms with Gasteiger partial charge >= 0.3 is 12.0 Å². The number of carbonyl (C=O) groups is 2. The number of carboxylic acids is 1. The number of ether oxygens (including phenoxy) is 2. The Hall–Kier alpha value is -3.74. The van der Waals surface area contributed by atoms with Gasteiger partial charge in [0.15, 0.2) is 11.5 Å². The average Bonchev–Trinajstić information content (AvgIpc) is 3.52. The highest BCUT2D eigenvalue weighted by atomic mass is 19.2. The van der Waals surface area contributed by atoms with E-state index in [1.165, 1.54) is 6.92 Å². The van der Waals surface area contributed by atoms with Crippen LogP contribution in [-0.4, -0.2) is 27.9 Å². The summed E-state index contributed by atoms with van der Waals surface area (Å²) >= 11 is 0. The smallest absolute Gasteiger partial charge is 0.404 e. The van der Waals surface area contributed by atoms with Crippen molar-refractivity contribution < 1.29 is 28.6 Å². The molecule has 6 nitrogen and oxygen atoms in total. The Morgan fingerprint density at radius 1 is 1.00 bits per heavy atom. The van der Waals surface area contributed by atoms with Gasteiger partial charge in [0.05, 0.1) is 16.7 Å². The number of hydrogen-bond donors (Lipinski definition) is 1. The van der Waals surface area contributed by atoms with Crippen LogP contribution in [0.25, 0.3) is 11.3 Å². The maximum atomic E-state index is 14.0. The summed E-state index contributed by atoms with van der Waals surface area (Å²) in [6.07, 6.45) is 1.59. The molecule has 1 atom stereocenters. The monoisotopic (exact) mass is 461 g/mol. The third kappa shape index (κ3) is 3.81. The van der Waals surface area contributed by atoms with E-state index in [0.717, 1.165) is 27.9 Å². The van der Waals surface area contributed by atoms with Gasteiger partial charge in [-0.25, -0.2) is 4.79 Å². The summed E-state index contributed by atoms with van der Waals surface area (Å²) in [5.74, 6) is -0.300. The van der Waals surface area contributed by atoms with Gasteiger partial charge in [0.2, 0.25) is 0 Å². The molecule has 2 heterocycles. The van der Waals surface area contributed by atoms with Crippen molar-refractivity contribution in [3.63, 3.8) is 0 Å². The predicted molar refractivity (Wildman–Crippen MR) is 123 cm³/mol. The first-order chi connectivity index (χ1) is 16.1. The Bertz CT molecular complexity index is 1340. The zero-order valence-corrected chi connectivity index (χ0v) is 19.1. The molecule has 2 aromatic carbocycles. The molecule has 0 spiro atoms. The van der Waals surface area contributed by atoms with Gasteiger partial charge in [-0.05, 0) is 73.7 Å². The first kappa shape index (κ1) is 22.1. The molecule has 1 aliphatic carbocycles. The molecule has 174 valence electrons. The number of aryl methyl sites for hydroxylation is 2. The van der Waals surface area contributed by atoms with Crippen LogP contribution in [0.1, 0.15) is 52.5 Å². The van der Waals surface area contributed by atoms with Crippen molar-refractivity contribution in [3.8, 4) is 22.8 Å². The normalized spacial score (nSPS) is 19.6. The summed E-state index contributed by atoms with van der Waals surface area (Å²) in [6, 6.07) is 11.7. The number of carbonyl (C=O) groups excluding carboxylic acids is 1. The minimum atomic E-state index is -2.20. The molecule has 1 saturated carbocycles. The van der Waals surface area contributed by atoms with Crippen molar-refractivity contribution in [2.24, 2.45) is 0 Å². The number of hydrogen-bond acceptors (Lipinski definition) is 5. The Kier molecular flexibility index (Phi) is 4.97.